The number of hydrogen-bond donors (Lipinski definition) is 0. The van der Waals surface area contributed by atoms with E-state index in [2.05, 4.69) is 39.4 Å². The number of hydrogen-bond acceptors (Lipinski definition) is 8. The molecule has 2 aliphatic rings. The van der Waals surface area contributed by atoms with Crippen molar-refractivity contribution >= 4 is 50.0 Å². The Kier molecular flexibility index (Phi) is 5.79. The van der Waals surface area contributed by atoms with Crippen LogP contribution < -0.4 is 20.0 Å². The molecule has 0 saturated carbocycles. The lowest BCUT2D eigenvalue weighted by Gasteiger charge is -2.36. The minimum atomic E-state index is -0.823. The van der Waals surface area contributed by atoms with E-state index in [1.165, 1.54) is 21.8 Å². The van der Waals surface area contributed by atoms with Gasteiger partial charge in [-0.3, -0.25) is 9.69 Å². The van der Waals surface area contributed by atoms with Gasteiger partial charge in [-0.05, 0) is 47.7 Å². The highest BCUT2D eigenvalue weighted by atomic mass is 32.1. The number of benzene rings is 2. The van der Waals surface area contributed by atoms with Crippen molar-refractivity contribution in [2.24, 2.45) is 0 Å². The number of carbonyl (C=O) groups is 2. The van der Waals surface area contributed by atoms with Gasteiger partial charge in [-0.2, -0.15) is 0 Å². The van der Waals surface area contributed by atoms with Gasteiger partial charge in [0.2, 0.25) is 0 Å². The lowest BCUT2D eigenvalue weighted by atomic mass is 10.1. The third-order valence-corrected chi connectivity index (χ3v) is 7.53. The van der Waals surface area contributed by atoms with E-state index >= 15 is 0 Å². The van der Waals surface area contributed by atoms with Crippen molar-refractivity contribution < 1.29 is 19.2 Å². The van der Waals surface area contributed by atoms with Crippen molar-refractivity contribution in [2.75, 3.05) is 37.6 Å². The van der Waals surface area contributed by atoms with Crippen LogP contribution in [0, 0.1) is 0 Å². The molecular weight excluding hydrogens is 478 g/mol. The zero-order valence-electron chi connectivity index (χ0n) is 19.4. The number of esters is 1. The monoisotopic (exact) mass is 501 g/mol. The second-order valence-electron chi connectivity index (χ2n) is 8.85. The summed E-state index contributed by atoms with van der Waals surface area (Å²) in [5, 5.41) is 4.10. The number of ether oxygens (including phenoxy) is 1. The maximum absolute atomic E-state index is 12.8. The zero-order valence-corrected chi connectivity index (χ0v) is 20.2. The van der Waals surface area contributed by atoms with Gasteiger partial charge >= 0.3 is 17.5 Å². The number of rotatable bonds is 4. The molecule has 1 saturated heterocycles. The topological polar surface area (TPSA) is 81.1 Å². The Balaban J connectivity index is 1.17. The third kappa shape index (κ3) is 4.27. The summed E-state index contributed by atoms with van der Waals surface area (Å²) in [6, 6.07) is 15.9. The minimum absolute atomic E-state index is 0.185. The summed E-state index contributed by atoms with van der Waals surface area (Å²) >= 11 is 1.77. The Morgan fingerprint density at radius 2 is 1.72 bits per heavy atom. The molecule has 0 aliphatic carbocycles. The highest BCUT2D eigenvalue weighted by Gasteiger charge is 2.20. The van der Waals surface area contributed by atoms with Crippen molar-refractivity contribution in [3.63, 3.8) is 0 Å². The van der Waals surface area contributed by atoms with Crippen molar-refractivity contribution in [1.29, 1.82) is 0 Å². The van der Waals surface area contributed by atoms with Crippen molar-refractivity contribution in [3.8, 4) is 5.75 Å². The minimum Gasteiger partial charge on any atom is -0.417 e. The Bertz CT molecular complexity index is 1580. The van der Waals surface area contributed by atoms with Gasteiger partial charge in [-0.25, -0.2) is 9.59 Å². The Morgan fingerprint density at radius 3 is 2.58 bits per heavy atom. The molecule has 0 spiro atoms. The first-order valence-electron chi connectivity index (χ1n) is 11.8. The van der Waals surface area contributed by atoms with Crippen LogP contribution in [0.1, 0.15) is 5.56 Å². The molecule has 4 aromatic rings. The molecule has 1 fully saturated rings. The smallest absolute Gasteiger partial charge is 0.356 e. The first-order chi connectivity index (χ1) is 17.5. The van der Waals surface area contributed by atoms with Crippen molar-refractivity contribution in [3.05, 3.63) is 82.0 Å². The normalized spacial score (nSPS) is 17.4. The van der Waals surface area contributed by atoms with Crippen LogP contribution in [0.3, 0.4) is 0 Å². The number of piperazine rings is 1. The summed E-state index contributed by atoms with van der Waals surface area (Å²) in [4.78, 5) is 46.8. The fraction of sp³-hybridized carbons (Fsp3) is 0.222. The molecule has 182 valence electrons. The number of nitrogens with zero attached hydrogens (tertiary/aromatic N) is 3. The van der Waals surface area contributed by atoms with Crippen LogP contribution in [0.15, 0.2) is 70.9 Å². The molecule has 6 rings (SSSR count). The van der Waals surface area contributed by atoms with E-state index < -0.39 is 17.5 Å². The molecule has 0 amide bonds. The summed E-state index contributed by atoms with van der Waals surface area (Å²) in [5.41, 5.74) is 2.09. The third-order valence-electron chi connectivity index (χ3n) is 6.65. The SMILES string of the molecule is O=C1/C=C\C(=O)On2c(=O)c(cc3ccc(CCN4CCN(c5cccc6sccc56)CC4)cc32)O1. The van der Waals surface area contributed by atoms with Gasteiger partial charge in [0.1, 0.15) is 0 Å². The molecule has 0 N–H and O–H groups in total. The maximum atomic E-state index is 12.8. The summed E-state index contributed by atoms with van der Waals surface area (Å²) in [7, 11) is 0. The van der Waals surface area contributed by atoms with E-state index in [4.69, 9.17) is 9.57 Å². The molecule has 0 unspecified atom stereocenters. The number of aromatic nitrogens is 1. The van der Waals surface area contributed by atoms with Gasteiger partial charge in [0.15, 0.2) is 5.75 Å². The summed E-state index contributed by atoms with van der Waals surface area (Å²) in [5.74, 6) is -1.81. The summed E-state index contributed by atoms with van der Waals surface area (Å²) in [6.07, 6.45) is 2.67. The van der Waals surface area contributed by atoms with Crippen LogP contribution in [0.2, 0.25) is 0 Å². The van der Waals surface area contributed by atoms with E-state index in [0.717, 1.165) is 61.6 Å². The highest BCUT2D eigenvalue weighted by Crippen LogP contribution is 2.31. The van der Waals surface area contributed by atoms with Crippen LogP contribution in [-0.2, 0) is 16.0 Å². The number of pyridine rings is 1. The molecule has 2 aromatic carbocycles. The fourth-order valence-corrected chi connectivity index (χ4v) is 5.58. The predicted molar refractivity (Wildman–Crippen MR) is 139 cm³/mol. The van der Waals surface area contributed by atoms with Gasteiger partial charge in [0, 0.05) is 66.0 Å². The first kappa shape index (κ1) is 22.5. The Labute approximate surface area is 210 Å². The van der Waals surface area contributed by atoms with E-state index in [9.17, 15) is 14.4 Å². The van der Waals surface area contributed by atoms with Crippen LogP contribution in [0.4, 0.5) is 5.69 Å². The highest BCUT2D eigenvalue weighted by molar-refractivity contribution is 7.17. The first-order valence-corrected chi connectivity index (χ1v) is 12.7. The molecule has 2 aliphatic heterocycles. The summed E-state index contributed by atoms with van der Waals surface area (Å²) < 4.78 is 7.30. The molecular formula is C27H23N3O5S. The standard InChI is InChI=1S/C27H23N3O5S/c31-25-6-7-26(32)35-30-22-16-18(4-5-19(22)17-23(34-25)27(30)33)8-10-28-11-13-29(14-12-28)21-2-1-3-24-20(21)9-15-36-24/h1-7,9,15-17H,8,10-14H2/b7-6-. The van der Waals surface area contributed by atoms with Gasteiger partial charge in [-0.15, -0.1) is 16.1 Å². The molecule has 0 radical (unpaired) electrons. The molecule has 0 atom stereocenters. The Hall–Kier alpha value is -3.95. The second-order valence-corrected chi connectivity index (χ2v) is 9.80. The molecule has 8 nitrogen and oxygen atoms in total. The predicted octanol–water partition coefficient (Wildman–Crippen LogP) is 3.01. The lowest BCUT2D eigenvalue weighted by molar-refractivity contribution is -0.138. The van der Waals surface area contributed by atoms with E-state index in [0.29, 0.717) is 10.9 Å². The second kappa shape index (κ2) is 9.25. The van der Waals surface area contributed by atoms with Crippen molar-refractivity contribution in [2.45, 2.75) is 6.42 Å². The lowest BCUT2D eigenvalue weighted by Crippen LogP contribution is -2.47. The van der Waals surface area contributed by atoms with Gasteiger partial charge in [0.05, 0.1) is 5.52 Å². The number of thiophene rings is 1. The van der Waals surface area contributed by atoms with E-state index in [1.54, 1.807) is 11.3 Å². The van der Waals surface area contributed by atoms with Crippen LogP contribution in [-0.4, -0.2) is 54.3 Å². The van der Waals surface area contributed by atoms with E-state index in [-0.39, 0.29) is 5.75 Å². The maximum Gasteiger partial charge on any atom is 0.356 e. The molecule has 9 heteroatoms. The average Bonchev–Trinajstić information content (AvgIpc) is 3.38. The molecule has 4 heterocycles. The fourth-order valence-electron chi connectivity index (χ4n) is 4.77. The Morgan fingerprint density at radius 1 is 0.889 bits per heavy atom. The van der Waals surface area contributed by atoms with Crippen LogP contribution >= 0.6 is 11.3 Å². The quantitative estimate of drug-likeness (QED) is 0.398. The van der Waals surface area contributed by atoms with Crippen LogP contribution in [0.5, 0.6) is 5.75 Å². The van der Waals surface area contributed by atoms with Crippen molar-refractivity contribution in [1.82, 2.24) is 9.63 Å². The van der Waals surface area contributed by atoms with Gasteiger partial charge < -0.3 is 14.5 Å². The number of anilines is 1. The van der Waals surface area contributed by atoms with Crippen LogP contribution in [0.25, 0.3) is 21.0 Å². The average molecular weight is 502 g/mol. The molecule has 2 aromatic heterocycles. The largest absolute Gasteiger partial charge is 0.417 e. The molecule has 2 bridgehead atoms. The summed E-state index contributed by atoms with van der Waals surface area (Å²) in [6.45, 7) is 4.76. The van der Waals surface area contributed by atoms with E-state index in [1.807, 2.05) is 18.2 Å². The van der Waals surface area contributed by atoms with Gasteiger partial charge in [-0.1, -0.05) is 18.2 Å². The zero-order chi connectivity index (χ0) is 24.6. The number of carbonyl (C=O) groups excluding carboxylic acids is 2. The number of fused-ring (bicyclic) bond motifs is 5. The van der Waals surface area contributed by atoms with Gasteiger partial charge in [0.25, 0.3) is 0 Å². The molecule has 36 heavy (non-hydrogen) atoms.